The van der Waals surface area contributed by atoms with E-state index < -0.39 is 0 Å². The molecule has 0 amide bonds. The molecule has 0 spiro atoms. The number of halogens is 1. The first kappa shape index (κ1) is 18.8. The van der Waals surface area contributed by atoms with Crippen molar-refractivity contribution in [3.63, 3.8) is 0 Å². The second kappa shape index (κ2) is 7.85. The van der Waals surface area contributed by atoms with Crippen molar-refractivity contribution in [2.75, 3.05) is 19.7 Å². The number of rotatable bonds is 7. The number of aliphatic hydroxyl groups is 1. The van der Waals surface area contributed by atoms with E-state index in [1.54, 1.807) is 23.9 Å². The first-order valence-electron chi connectivity index (χ1n) is 9.76. The van der Waals surface area contributed by atoms with Gasteiger partial charge in [0.15, 0.2) is 5.78 Å². The number of aryl methyl sites for hydroxylation is 1. The van der Waals surface area contributed by atoms with Crippen LogP contribution in [0.15, 0.2) is 30.3 Å². The van der Waals surface area contributed by atoms with Crippen molar-refractivity contribution < 1.29 is 14.3 Å². The molecular weight excluding hydrogens is 359 g/mol. The fraction of sp³-hybridized carbons (Fsp3) is 0.429. The van der Waals surface area contributed by atoms with Crippen molar-refractivity contribution in [2.24, 2.45) is 7.05 Å². The van der Waals surface area contributed by atoms with Gasteiger partial charge in [-0.15, -0.1) is 0 Å². The summed E-state index contributed by atoms with van der Waals surface area (Å²) >= 11 is 0. The molecule has 7 heteroatoms. The third kappa shape index (κ3) is 3.72. The summed E-state index contributed by atoms with van der Waals surface area (Å²) in [7, 11) is 1.80. The van der Waals surface area contributed by atoms with Crippen LogP contribution >= 0.6 is 0 Å². The zero-order chi connectivity index (χ0) is 19.7. The number of aromatic nitrogens is 3. The molecule has 1 atom stereocenters. The summed E-state index contributed by atoms with van der Waals surface area (Å²) in [5.74, 6) is -0.260. The molecule has 6 nitrogen and oxygen atoms in total. The van der Waals surface area contributed by atoms with E-state index in [-0.39, 0.29) is 24.2 Å². The number of benzene rings is 1. The minimum atomic E-state index is -0.277. The highest BCUT2D eigenvalue weighted by molar-refractivity contribution is 5.95. The first-order chi connectivity index (χ1) is 13.5. The number of aliphatic hydroxyl groups excluding tert-OH is 1. The van der Waals surface area contributed by atoms with Crippen molar-refractivity contribution in [3.05, 3.63) is 41.8 Å². The van der Waals surface area contributed by atoms with Gasteiger partial charge in [0, 0.05) is 30.4 Å². The molecule has 0 unspecified atom stereocenters. The van der Waals surface area contributed by atoms with Crippen LogP contribution in [0.1, 0.15) is 36.2 Å². The molecule has 3 aromatic rings. The Balaban J connectivity index is 1.43. The smallest absolute Gasteiger partial charge is 0.183 e. The van der Waals surface area contributed by atoms with Crippen molar-refractivity contribution in [1.29, 1.82) is 0 Å². The van der Waals surface area contributed by atoms with Crippen LogP contribution < -0.4 is 0 Å². The number of carbonyl (C=O) groups is 1. The zero-order valence-electron chi connectivity index (χ0n) is 16.0. The Hall–Kier alpha value is -2.51. The summed E-state index contributed by atoms with van der Waals surface area (Å²) in [4.78, 5) is 18.1. The Kier molecular flexibility index (Phi) is 5.28. The van der Waals surface area contributed by atoms with Gasteiger partial charge < -0.3 is 10.1 Å². The van der Waals surface area contributed by atoms with Gasteiger partial charge in [0.05, 0.1) is 18.0 Å². The van der Waals surface area contributed by atoms with E-state index >= 15 is 0 Å². The maximum atomic E-state index is 13.4. The minimum Gasteiger partial charge on any atom is -0.395 e. The van der Waals surface area contributed by atoms with E-state index in [1.807, 2.05) is 6.07 Å². The molecule has 2 N–H and O–H groups in total. The molecule has 3 heterocycles. The molecule has 0 saturated carbocycles. The van der Waals surface area contributed by atoms with Crippen molar-refractivity contribution >= 4 is 16.7 Å². The Bertz CT molecular complexity index is 994. The Labute approximate surface area is 163 Å². The number of hydrogen-bond acceptors (Lipinski definition) is 4. The maximum absolute atomic E-state index is 13.4. The molecule has 28 heavy (non-hydrogen) atoms. The van der Waals surface area contributed by atoms with Crippen LogP contribution in [0.25, 0.3) is 22.3 Å². The fourth-order valence-electron chi connectivity index (χ4n) is 4.06. The molecule has 0 aliphatic carbocycles. The van der Waals surface area contributed by atoms with Crippen LogP contribution in [0, 0.1) is 5.82 Å². The number of likely N-dealkylation sites (tertiary alicyclic amines) is 1. The third-order valence-electron chi connectivity index (χ3n) is 5.58. The van der Waals surface area contributed by atoms with Crippen molar-refractivity contribution in [1.82, 2.24) is 19.7 Å². The van der Waals surface area contributed by atoms with Crippen molar-refractivity contribution in [2.45, 2.75) is 31.7 Å². The number of nitrogens with one attached hydrogen (secondary N) is 1. The van der Waals surface area contributed by atoms with Gasteiger partial charge in [-0.2, -0.15) is 5.10 Å². The standard InChI is InChI=1S/C21H25FN4O2/c1-25-20(18-11-14-10-15(22)6-7-17(14)23-18)12-19(24-25)21(28)5-3-9-26-8-2-4-16(26)13-27/h6-7,10-12,16,23,27H,2-5,8-9,13H2,1H3/t16-/m0/s1. The second-order valence-corrected chi connectivity index (χ2v) is 7.49. The van der Waals surface area contributed by atoms with Crippen LogP contribution in [0.2, 0.25) is 0 Å². The van der Waals surface area contributed by atoms with E-state index in [9.17, 15) is 14.3 Å². The van der Waals surface area contributed by atoms with Crippen LogP contribution in [-0.4, -0.2) is 56.3 Å². The number of hydrogen-bond donors (Lipinski definition) is 2. The van der Waals surface area contributed by atoms with E-state index in [0.717, 1.165) is 54.6 Å². The molecule has 1 aliphatic heterocycles. The molecule has 2 aromatic heterocycles. The van der Waals surface area contributed by atoms with Gasteiger partial charge in [-0.25, -0.2) is 4.39 Å². The summed E-state index contributed by atoms with van der Waals surface area (Å²) in [6.07, 6.45) is 3.33. The SMILES string of the molecule is Cn1nc(C(=O)CCCN2CCC[C@H]2CO)cc1-c1cc2cc(F)ccc2[nH]1. The zero-order valence-corrected chi connectivity index (χ0v) is 16.0. The molecule has 1 aromatic carbocycles. The highest BCUT2D eigenvalue weighted by atomic mass is 19.1. The lowest BCUT2D eigenvalue weighted by atomic mass is 10.1. The molecular formula is C21H25FN4O2. The Morgan fingerprint density at radius 1 is 1.36 bits per heavy atom. The predicted octanol–water partition coefficient (Wildman–Crippen LogP) is 3.13. The lowest BCUT2D eigenvalue weighted by Crippen LogP contribution is -2.33. The molecule has 0 radical (unpaired) electrons. The molecule has 0 bridgehead atoms. The van der Waals surface area contributed by atoms with Crippen LogP contribution in [0.4, 0.5) is 4.39 Å². The van der Waals surface area contributed by atoms with Gasteiger partial charge in [-0.1, -0.05) is 0 Å². The number of H-pyrrole nitrogens is 1. The topological polar surface area (TPSA) is 74.2 Å². The molecule has 148 valence electrons. The number of Topliss-reactive ketones (excluding diaryl/α,β-unsaturated/α-hetero) is 1. The normalized spacial score (nSPS) is 17.6. The predicted molar refractivity (Wildman–Crippen MR) is 106 cm³/mol. The monoisotopic (exact) mass is 384 g/mol. The van der Waals surface area contributed by atoms with E-state index in [1.165, 1.54) is 12.1 Å². The minimum absolute atomic E-state index is 0.0174. The largest absolute Gasteiger partial charge is 0.395 e. The van der Waals surface area contributed by atoms with E-state index in [2.05, 4.69) is 15.0 Å². The highest BCUT2D eigenvalue weighted by Crippen LogP contribution is 2.25. The summed E-state index contributed by atoms with van der Waals surface area (Å²) in [6, 6.07) is 8.50. The number of carbonyl (C=O) groups excluding carboxylic acids is 1. The summed E-state index contributed by atoms with van der Waals surface area (Å²) in [5, 5.41) is 14.5. The van der Waals surface area contributed by atoms with E-state index in [4.69, 9.17) is 0 Å². The number of nitrogens with zero attached hydrogens (tertiary/aromatic N) is 3. The molecule has 4 rings (SSSR count). The number of fused-ring (bicyclic) bond motifs is 1. The lowest BCUT2D eigenvalue weighted by Gasteiger charge is -2.22. The van der Waals surface area contributed by atoms with E-state index in [0.29, 0.717) is 12.1 Å². The van der Waals surface area contributed by atoms with Gasteiger partial charge in [0.2, 0.25) is 0 Å². The van der Waals surface area contributed by atoms with Crippen LogP contribution in [0.3, 0.4) is 0 Å². The quantitative estimate of drug-likeness (QED) is 0.614. The summed E-state index contributed by atoms with van der Waals surface area (Å²) in [5.41, 5.74) is 2.88. The Morgan fingerprint density at radius 3 is 3.04 bits per heavy atom. The lowest BCUT2D eigenvalue weighted by molar-refractivity contribution is 0.0964. The maximum Gasteiger partial charge on any atom is 0.183 e. The van der Waals surface area contributed by atoms with Crippen molar-refractivity contribution in [3.8, 4) is 11.4 Å². The highest BCUT2D eigenvalue weighted by Gasteiger charge is 2.23. The average molecular weight is 384 g/mol. The van der Waals surface area contributed by atoms with Gasteiger partial charge in [-0.3, -0.25) is 14.4 Å². The first-order valence-corrected chi connectivity index (χ1v) is 9.76. The summed E-state index contributed by atoms with van der Waals surface area (Å²) < 4.78 is 15.1. The van der Waals surface area contributed by atoms with Crippen LogP contribution in [-0.2, 0) is 7.05 Å². The fourth-order valence-corrected chi connectivity index (χ4v) is 4.06. The Morgan fingerprint density at radius 2 is 2.21 bits per heavy atom. The second-order valence-electron chi connectivity index (χ2n) is 7.49. The van der Waals surface area contributed by atoms with Gasteiger partial charge >= 0.3 is 0 Å². The van der Waals surface area contributed by atoms with Gasteiger partial charge in [0.25, 0.3) is 0 Å². The average Bonchev–Trinajstić information content (AvgIpc) is 3.38. The summed E-state index contributed by atoms with van der Waals surface area (Å²) in [6.45, 7) is 2.00. The number of ketones is 1. The van der Waals surface area contributed by atoms with Gasteiger partial charge in [-0.05, 0) is 62.7 Å². The third-order valence-corrected chi connectivity index (χ3v) is 5.58. The van der Waals surface area contributed by atoms with Gasteiger partial charge in [0.1, 0.15) is 11.5 Å². The molecule has 1 saturated heterocycles. The molecule has 1 aliphatic rings. The molecule has 1 fully saturated rings. The number of aromatic amines is 1. The van der Waals surface area contributed by atoms with Crippen LogP contribution in [0.5, 0.6) is 0 Å².